The quantitative estimate of drug-likeness (QED) is 0.425. The maximum absolute atomic E-state index is 11.0. The second-order valence-corrected chi connectivity index (χ2v) is 3.95. The maximum atomic E-state index is 11.0. The molecule has 0 saturated heterocycles. The average molecular weight is 212 g/mol. The molecule has 0 rings (SSSR count). The van der Waals surface area contributed by atoms with E-state index in [1.807, 2.05) is 0 Å². The fourth-order valence-electron chi connectivity index (χ4n) is 0.615. The van der Waals surface area contributed by atoms with Gasteiger partial charge in [-0.05, 0) is 6.42 Å². The van der Waals surface area contributed by atoms with Gasteiger partial charge in [-0.2, -0.15) is 13.1 Å². The van der Waals surface area contributed by atoms with Gasteiger partial charge in [0.2, 0.25) is 0 Å². The number of hydrogen-bond acceptors (Lipinski definition) is 4. The van der Waals surface area contributed by atoms with Crippen molar-refractivity contribution in [1.29, 1.82) is 0 Å². The highest BCUT2D eigenvalue weighted by Crippen LogP contribution is 1.79. The molecule has 7 heteroatoms. The monoisotopic (exact) mass is 212 g/mol. The van der Waals surface area contributed by atoms with Crippen LogP contribution in [0, 0.1) is 0 Å². The van der Waals surface area contributed by atoms with Crippen LogP contribution in [0.4, 0.5) is 0 Å². The molecule has 80 valence electrons. The van der Waals surface area contributed by atoms with Crippen LogP contribution in [0.15, 0.2) is 0 Å². The van der Waals surface area contributed by atoms with E-state index in [4.69, 9.17) is 5.11 Å². The summed E-state index contributed by atoms with van der Waals surface area (Å²) >= 11 is 0. The molecule has 0 aliphatic carbocycles. The molecule has 0 amide bonds. The summed E-state index contributed by atoms with van der Waals surface area (Å²) in [6.07, 6.45) is 0.408. The third-order valence-electron chi connectivity index (χ3n) is 1.23. The molecular formula is C6H16N2O4S. The summed E-state index contributed by atoms with van der Waals surface area (Å²) in [5.41, 5.74) is 0. The molecule has 0 aromatic carbocycles. The molecule has 13 heavy (non-hydrogen) atoms. The van der Waals surface area contributed by atoms with Crippen LogP contribution in [0.5, 0.6) is 0 Å². The first-order valence-corrected chi connectivity index (χ1v) is 5.45. The summed E-state index contributed by atoms with van der Waals surface area (Å²) in [6, 6.07) is 0. The zero-order valence-electron chi connectivity index (χ0n) is 7.62. The first-order chi connectivity index (χ1) is 6.12. The van der Waals surface area contributed by atoms with Gasteiger partial charge in [0, 0.05) is 26.8 Å². The third kappa shape index (κ3) is 8.13. The fourth-order valence-corrected chi connectivity index (χ4v) is 1.48. The molecule has 0 aromatic rings. The van der Waals surface area contributed by atoms with Crippen LogP contribution >= 0.6 is 0 Å². The summed E-state index contributed by atoms with van der Waals surface area (Å²) < 4.78 is 31.2. The van der Waals surface area contributed by atoms with E-state index in [1.165, 1.54) is 7.11 Å². The van der Waals surface area contributed by atoms with E-state index in [2.05, 4.69) is 14.2 Å². The van der Waals surface area contributed by atoms with Gasteiger partial charge in [-0.15, -0.1) is 0 Å². The molecule has 0 unspecified atom stereocenters. The van der Waals surface area contributed by atoms with Gasteiger partial charge in [-0.3, -0.25) is 0 Å². The van der Waals surface area contributed by atoms with E-state index in [0.717, 1.165) is 0 Å². The number of aliphatic hydroxyl groups excluding tert-OH is 1. The Morgan fingerprint density at radius 2 is 1.92 bits per heavy atom. The van der Waals surface area contributed by atoms with E-state index < -0.39 is 10.2 Å². The molecule has 0 bridgehead atoms. The number of ether oxygens (including phenoxy) is 1. The third-order valence-corrected chi connectivity index (χ3v) is 2.39. The van der Waals surface area contributed by atoms with Crippen molar-refractivity contribution in [2.75, 3.05) is 33.4 Å². The minimum atomic E-state index is -3.42. The summed E-state index contributed by atoms with van der Waals surface area (Å²) in [6.45, 7) is 0.783. The predicted octanol–water partition coefficient (Wildman–Crippen LogP) is -1.56. The minimum absolute atomic E-state index is 0.0272. The molecule has 6 nitrogen and oxygen atoms in total. The summed E-state index contributed by atoms with van der Waals surface area (Å²) in [5.74, 6) is 0. The number of aliphatic hydroxyl groups is 1. The SMILES string of the molecule is COCCNS(=O)(=O)NCCCO. The Morgan fingerprint density at radius 3 is 2.46 bits per heavy atom. The van der Waals surface area contributed by atoms with Crippen molar-refractivity contribution in [3.8, 4) is 0 Å². The van der Waals surface area contributed by atoms with Gasteiger partial charge in [0.05, 0.1) is 6.61 Å². The number of methoxy groups -OCH3 is 1. The van der Waals surface area contributed by atoms with Crippen LogP contribution in [0.3, 0.4) is 0 Å². The molecule has 0 radical (unpaired) electrons. The molecule has 0 heterocycles. The van der Waals surface area contributed by atoms with E-state index in [0.29, 0.717) is 13.0 Å². The minimum Gasteiger partial charge on any atom is -0.396 e. The van der Waals surface area contributed by atoms with Crippen molar-refractivity contribution < 1.29 is 18.3 Å². The van der Waals surface area contributed by atoms with Gasteiger partial charge in [0.25, 0.3) is 10.2 Å². The Balaban J connectivity index is 3.55. The molecule has 0 aliphatic rings. The van der Waals surface area contributed by atoms with Crippen LogP contribution in [0.2, 0.25) is 0 Å². The highest BCUT2D eigenvalue weighted by Gasteiger charge is 2.06. The van der Waals surface area contributed by atoms with E-state index in [9.17, 15) is 8.42 Å². The Morgan fingerprint density at radius 1 is 1.31 bits per heavy atom. The highest BCUT2D eigenvalue weighted by atomic mass is 32.2. The zero-order chi connectivity index (χ0) is 10.2. The Kier molecular flexibility index (Phi) is 7.10. The smallest absolute Gasteiger partial charge is 0.276 e. The van der Waals surface area contributed by atoms with Crippen LogP contribution in [-0.4, -0.2) is 46.9 Å². The van der Waals surface area contributed by atoms with Gasteiger partial charge in [-0.25, -0.2) is 4.72 Å². The summed E-state index contributed by atoms with van der Waals surface area (Å²) in [4.78, 5) is 0. The van der Waals surface area contributed by atoms with Gasteiger partial charge in [0.15, 0.2) is 0 Å². The van der Waals surface area contributed by atoms with Crippen molar-refractivity contribution in [2.45, 2.75) is 6.42 Å². The summed E-state index contributed by atoms with van der Waals surface area (Å²) in [5, 5.41) is 8.40. The molecule has 0 fully saturated rings. The molecule has 0 aliphatic heterocycles. The molecule has 0 aromatic heterocycles. The van der Waals surface area contributed by atoms with E-state index in [1.54, 1.807) is 0 Å². The number of nitrogens with one attached hydrogen (secondary N) is 2. The molecule has 0 saturated carbocycles. The van der Waals surface area contributed by atoms with Gasteiger partial charge in [0.1, 0.15) is 0 Å². The molecule has 0 atom stereocenters. The van der Waals surface area contributed by atoms with E-state index >= 15 is 0 Å². The number of rotatable bonds is 8. The Bertz CT molecular complexity index is 189. The lowest BCUT2D eigenvalue weighted by Crippen LogP contribution is -2.38. The predicted molar refractivity (Wildman–Crippen MR) is 48.5 cm³/mol. The van der Waals surface area contributed by atoms with Crippen molar-refractivity contribution in [2.24, 2.45) is 0 Å². The highest BCUT2D eigenvalue weighted by molar-refractivity contribution is 7.87. The normalized spacial score (nSPS) is 11.8. The van der Waals surface area contributed by atoms with Crippen LogP contribution in [0.1, 0.15) is 6.42 Å². The van der Waals surface area contributed by atoms with Crippen LogP contribution < -0.4 is 9.44 Å². The zero-order valence-corrected chi connectivity index (χ0v) is 8.43. The van der Waals surface area contributed by atoms with Crippen molar-refractivity contribution in [1.82, 2.24) is 9.44 Å². The average Bonchev–Trinajstić information content (AvgIpc) is 2.05. The summed E-state index contributed by atoms with van der Waals surface area (Å²) in [7, 11) is -1.92. The molecular weight excluding hydrogens is 196 g/mol. The Labute approximate surface area is 78.5 Å². The first-order valence-electron chi connectivity index (χ1n) is 3.96. The van der Waals surface area contributed by atoms with Crippen molar-refractivity contribution in [3.63, 3.8) is 0 Å². The van der Waals surface area contributed by atoms with Gasteiger partial charge < -0.3 is 9.84 Å². The maximum Gasteiger partial charge on any atom is 0.276 e. The van der Waals surface area contributed by atoms with E-state index in [-0.39, 0.29) is 19.7 Å². The first kappa shape index (κ1) is 12.8. The van der Waals surface area contributed by atoms with Gasteiger partial charge >= 0.3 is 0 Å². The standard InChI is InChI=1S/C6H16N2O4S/c1-12-6-4-8-13(10,11)7-3-2-5-9/h7-9H,2-6H2,1H3. The second-order valence-electron chi connectivity index (χ2n) is 2.36. The largest absolute Gasteiger partial charge is 0.396 e. The van der Waals surface area contributed by atoms with Crippen LogP contribution in [-0.2, 0) is 14.9 Å². The fraction of sp³-hybridized carbons (Fsp3) is 1.00. The van der Waals surface area contributed by atoms with Crippen LogP contribution in [0.25, 0.3) is 0 Å². The van der Waals surface area contributed by atoms with Crippen molar-refractivity contribution in [3.05, 3.63) is 0 Å². The molecule has 0 spiro atoms. The topological polar surface area (TPSA) is 87.7 Å². The lowest BCUT2D eigenvalue weighted by molar-refractivity contribution is 0.204. The lowest BCUT2D eigenvalue weighted by Gasteiger charge is -2.06. The van der Waals surface area contributed by atoms with Crippen molar-refractivity contribution >= 4 is 10.2 Å². The number of hydrogen-bond donors (Lipinski definition) is 3. The van der Waals surface area contributed by atoms with Gasteiger partial charge in [-0.1, -0.05) is 0 Å². The Hall–Kier alpha value is -0.210. The lowest BCUT2D eigenvalue weighted by atomic mass is 10.5. The second kappa shape index (κ2) is 7.22. The molecule has 3 N–H and O–H groups in total.